The van der Waals surface area contributed by atoms with Crippen molar-refractivity contribution in [2.24, 2.45) is 7.05 Å². The standard InChI is InChI=1S/C18H22N6O2S/c1-11-6-13(26-16-4-5-19-17-15(16)10-23(3)22-17)8-24(11)9-14-7-20-18(27-14)21-12(2)25/h4-5,7,10-11,13H,6,8-9H2,1-3H3,(H,20,21,25)/t11-,13+/m0/s1. The lowest BCUT2D eigenvalue weighted by Crippen LogP contribution is -2.27. The van der Waals surface area contributed by atoms with E-state index in [2.05, 4.69) is 32.2 Å². The minimum Gasteiger partial charge on any atom is -0.488 e. The molecule has 1 amide bonds. The predicted octanol–water partition coefficient (Wildman–Crippen LogP) is 2.43. The quantitative estimate of drug-likeness (QED) is 0.725. The van der Waals surface area contributed by atoms with Gasteiger partial charge in [0.1, 0.15) is 11.9 Å². The number of pyridine rings is 1. The Labute approximate surface area is 161 Å². The highest BCUT2D eigenvalue weighted by Gasteiger charge is 2.31. The minimum atomic E-state index is -0.0991. The number of ether oxygens (including phenoxy) is 1. The van der Waals surface area contributed by atoms with E-state index in [9.17, 15) is 4.79 Å². The van der Waals surface area contributed by atoms with Gasteiger partial charge in [-0.15, -0.1) is 11.3 Å². The first kappa shape index (κ1) is 17.9. The molecule has 1 fully saturated rings. The summed E-state index contributed by atoms with van der Waals surface area (Å²) in [7, 11) is 1.88. The van der Waals surface area contributed by atoms with E-state index in [0.717, 1.165) is 35.5 Å². The first-order valence-electron chi connectivity index (χ1n) is 8.89. The Kier molecular flexibility index (Phi) is 4.79. The van der Waals surface area contributed by atoms with Crippen LogP contribution in [0.15, 0.2) is 24.7 Å². The largest absolute Gasteiger partial charge is 0.488 e. The third-order valence-corrected chi connectivity index (χ3v) is 5.55. The summed E-state index contributed by atoms with van der Waals surface area (Å²) < 4.78 is 8.05. The van der Waals surface area contributed by atoms with Crippen molar-refractivity contribution < 1.29 is 9.53 Å². The fourth-order valence-electron chi connectivity index (χ4n) is 3.43. The SMILES string of the molecule is CC(=O)Nc1ncc(CN2C[C@H](Oc3ccnc4nn(C)cc34)C[C@@H]2C)s1. The van der Waals surface area contributed by atoms with Gasteiger partial charge in [0.15, 0.2) is 10.8 Å². The number of fused-ring (bicyclic) bond motifs is 1. The molecule has 3 aromatic heterocycles. The number of nitrogens with one attached hydrogen (secondary N) is 1. The molecule has 0 spiro atoms. The number of hydrogen-bond donors (Lipinski definition) is 1. The smallest absolute Gasteiger partial charge is 0.223 e. The minimum absolute atomic E-state index is 0.0991. The second-order valence-corrected chi connectivity index (χ2v) is 8.03. The number of anilines is 1. The van der Waals surface area contributed by atoms with Crippen LogP contribution in [0.4, 0.5) is 5.13 Å². The molecule has 0 radical (unpaired) electrons. The Balaban J connectivity index is 1.42. The van der Waals surface area contributed by atoms with Gasteiger partial charge in [-0.25, -0.2) is 9.97 Å². The Bertz CT molecular complexity index is 968. The van der Waals surface area contributed by atoms with Gasteiger partial charge in [0.2, 0.25) is 5.91 Å². The molecule has 27 heavy (non-hydrogen) atoms. The lowest BCUT2D eigenvalue weighted by atomic mass is 10.2. The van der Waals surface area contributed by atoms with Gasteiger partial charge in [-0.3, -0.25) is 14.4 Å². The summed E-state index contributed by atoms with van der Waals surface area (Å²) in [4.78, 5) is 23.2. The monoisotopic (exact) mass is 386 g/mol. The van der Waals surface area contributed by atoms with Gasteiger partial charge in [-0.05, 0) is 13.0 Å². The van der Waals surface area contributed by atoms with E-state index in [4.69, 9.17) is 4.74 Å². The van der Waals surface area contributed by atoms with Crippen LogP contribution in [-0.2, 0) is 18.4 Å². The van der Waals surface area contributed by atoms with Gasteiger partial charge in [-0.1, -0.05) is 0 Å². The average Bonchev–Trinajstić information content (AvgIpc) is 3.27. The summed E-state index contributed by atoms with van der Waals surface area (Å²) >= 11 is 1.52. The number of likely N-dealkylation sites (tertiary alicyclic amines) is 1. The molecule has 1 aliphatic heterocycles. The number of amides is 1. The summed E-state index contributed by atoms with van der Waals surface area (Å²) in [6, 6.07) is 2.31. The zero-order chi connectivity index (χ0) is 19.0. The second kappa shape index (κ2) is 7.24. The summed E-state index contributed by atoms with van der Waals surface area (Å²) in [6.45, 7) is 5.35. The number of carbonyl (C=O) groups is 1. The van der Waals surface area contributed by atoms with Crippen LogP contribution in [0, 0.1) is 0 Å². The van der Waals surface area contributed by atoms with Crippen LogP contribution in [0.25, 0.3) is 11.0 Å². The Hall–Kier alpha value is -2.52. The molecule has 8 nitrogen and oxygen atoms in total. The first-order valence-corrected chi connectivity index (χ1v) is 9.71. The highest BCUT2D eigenvalue weighted by Crippen LogP contribution is 2.29. The zero-order valence-electron chi connectivity index (χ0n) is 15.5. The first-order chi connectivity index (χ1) is 13.0. The average molecular weight is 386 g/mol. The molecule has 3 aromatic rings. The molecule has 0 aromatic carbocycles. The molecular formula is C18H22N6O2S. The molecular weight excluding hydrogens is 364 g/mol. The van der Waals surface area contributed by atoms with Crippen LogP contribution in [0.1, 0.15) is 25.1 Å². The summed E-state index contributed by atoms with van der Waals surface area (Å²) in [5.41, 5.74) is 0.702. The number of carbonyl (C=O) groups excluding carboxylic acids is 1. The van der Waals surface area contributed by atoms with Crippen LogP contribution in [-0.4, -0.2) is 49.2 Å². The summed E-state index contributed by atoms with van der Waals surface area (Å²) in [5, 5.41) is 8.65. The predicted molar refractivity (Wildman–Crippen MR) is 104 cm³/mol. The third kappa shape index (κ3) is 3.93. The molecule has 2 atom stereocenters. The molecule has 0 saturated carbocycles. The highest BCUT2D eigenvalue weighted by atomic mass is 32.1. The van der Waals surface area contributed by atoms with E-state index < -0.39 is 0 Å². The van der Waals surface area contributed by atoms with E-state index >= 15 is 0 Å². The number of aromatic nitrogens is 4. The molecule has 4 heterocycles. The number of nitrogens with zero attached hydrogens (tertiary/aromatic N) is 5. The van der Waals surface area contributed by atoms with Crippen molar-refractivity contribution in [3.63, 3.8) is 0 Å². The number of aryl methyl sites for hydroxylation is 1. The van der Waals surface area contributed by atoms with Crippen molar-refractivity contribution in [2.45, 2.75) is 39.0 Å². The molecule has 0 aliphatic carbocycles. The molecule has 1 saturated heterocycles. The van der Waals surface area contributed by atoms with E-state index in [1.54, 1.807) is 10.9 Å². The van der Waals surface area contributed by atoms with E-state index in [1.807, 2.05) is 25.5 Å². The van der Waals surface area contributed by atoms with Gasteiger partial charge in [0.25, 0.3) is 0 Å². The van der Waals surface area contributed by atoms with Gasteiger partial charge in [-0.2, -0.15) is 5.10 Å². The number of thiazole rings is 1. The van der Waals surface area contributed by atoms with Crippen molar-refractivity contribution >= 4 is 33.4 Å². The fraction of sp³-hybridized carbons (Fsp3) is 0.444. The maximum Gasteiger partial charge on any atom is 0.223 e. The van der Waals surface area contributed by atoms with Crippen LogP contribution in [0.2, 0.25) is 0 Å². The molecule has 1 aliphatic rings. The van der Waals surface area contributed by atoms with E-state index in [0.29, 0.717) is 16.8 Å². The van der Waals surface area contributed by atoms with Crippen LogP contribution >= 0.6 is 11.3 Å². The van der Waals surface area contributed by atoms with Crippen molar-refractivity contribution in [1.82, 2.24) is 24.6 Å². The summed E-state index contributed by atoms with van der Waals surface area (Å²) in [5.74, 6) is 0.732. The number of rotatable bonds is 5. The lowest BCUT2D eigenvalue weighted by molar-refractivity contribution is -0.114. The van der Waals surface area contributed by atoms with Gasteiger partial charge >= 0.3 is 0 Å². The maximum absolute atomic E-state index is 11.1. The van der Waals surface area contributed by atoms with E-state index in [1.165, 1.54) is 18.3 Å². The Morgan fingerprint density at radius 2 is 2.30 bits per heavy atom. The molecule has 0 bridgehead atoms. The summed E-state index contributed by atoms with van der Waals surface area (Å²) in [6.07, 6.45) is 6.59. The molecule has 0 unspecified atom stereocenters. The molecule has 4 rings (SSSR count). The number of hydrogen-bond acceptors (Lipinski definition) is 7. The Morgan fingerprint density at radius 3 is 3.11 bits per heavy atom. The van der Waals surface area contributed by atoms with Gasteiger partial charge in [0.05, 0.1) is 5.39 Å². The van der Waals surface area contributed by atoms with Crippen LogP contribution in [0.3, 0.4) is 0 Å². The Morgan fingerprint density at radius 1 is 1.44 bits per heavy atom. The third-order valence-electron chi connectivity index (χ3n) is 4.65. The molecule has 1 N–H and O–H groups in total. The van der Waals surface area contributed by atoms with Crippen molar-refractivity contribution in [1.29, 1.82) is 0 Å². The van der Waals surface area contributed by atoms with Crippen LogP contribution < -0.4 is 10.1 Å². The topological polar surface area (TPSA) is 85.2 Å². The highest BCUT2D eigenvalue weighted by molar-refractivity contribution is 7.15. The fourth-order valence-corrected chi connectivity index (χ4v) is 4.32. The van der Waals surface area contributed by atoms with Gasteiger partial charge < -0.3 is 10.1 Å². The molecule has 142 valence electrons. The van der Waals surface area contributed by atoms with Crippen molar-refractivity contribution in [2.75, 3.05) is 11.9 Å². The maximum atomic E-state index is 11.1. The van der Waals surface area contributed by atoms with E-state index in [-0.39, 0.29) is 12.0 Å². The molecule has 9 heteroatoms. The normalized spacial score (nSPS) is 20.3. The zero-order valence-corrected chi connectivity index (χ0v) is 16.4. The lowest BCUT2D eigenvalue weighted by Gasteiger charge is -2.19. The van der Waals surface area contributed by atoms with Gasteiger partial charge in [0, 0.05) is 63.0 Å². The van der Waals surface area contributed by atoms with Crippen molar-refractivity contribution in [3.8, 4) is 5.75 Å². The van der Waals surface area contributed by atoms with Crippen molar-refractivity contribution in [3.05, 3.63) is 29.5 Å². The van der Waals surface area contributed by atoms with Crippen LogP contribution in [0.5, 0.6) is 5.75 Å². The second-order valence-electron chi connectivity index (χ2n) is 6.92.